The van der Waals surface area contributed by atoms with Crippen molar-refractivity contribution in [3.05, 3.63) is 47.5 Å². The van der Waals surface area contributed by atoms with E-state index in [0.717, 1.165) is 6.07 Å². The van der Waals surface area contributed by atoms with E-state index in [-0.39, 0.29) is 29.3 Å². The molecule has 3 aliphatic heterocycles. The van der Waals surface area contributed by atoms with Crippen LogP contribution in [0, 0.1) is 0 Å². The molecule has 2 fully saturated rings. The summed E-state index contributed by atoms with van der Waals surface area (Å²) >= 11 is 0. The molecule has 42 heavy (non-hydrogen) atoms. The van der Waals surface area contributed by atoms with Gasteiger partial charge in [-0.2, -0.15) is 0 Å². The Hall–Kier alpha value is -3.05. The monoisotopic (exact) mass is 594 g/mol. The maximum Gasteiger partial charge on any atom is 0.229 e. The fourth-order valence-electron chi connectivity index (χ4n) is 5.20. The fraction of sp³-hybridized carbons (Fsp3) is 0.536. The number of fused-ring (bicyclic) bond motifs is 1. The van der Waals surface area contributed by atoms with Crippen molar-refractivity contribution in [1.29, 1.82) is 0 Å². The molecule has 0 aromatic heterocycles. The molecule has 3 aliphatic rings. The molecule has 2 saturated heterocycles. The molecular formula is C28H34O14. The minimum absolute atomic E-state index is 0.0200. The molecule has 230 valence electrons. The van der Waals surface area contributed by atoms with Gasteiger partial charge in [-0.3, -0.25) is 4.79 Å². The van der Waals surface area contributed by atoms with Crippen LogP contribution in [0.3, 0.4) is 0 Å². The average Bonchev–Trinajstić information content (AvgIpc) is 2.97. The maximum atomic E-state index is 12.9. The molecular weight excluding hydrogens is 560 g/mol. The summed E-state index contributed by atoms with van der Waals surface area (Å²) in [5.41, 5.74) is 0.647. The number of aromatic hydroxyl groups is 1. The summed E-state index contributed by atoms with van der Waals surface area (Å²) in [5, 5.41) is 72.3. The number of aliphatic hydroxyl groups is 6. The number of methoxy groups -OCH3 is 1. The molecule has 5 unspecified atom stereocenters. The molecule has 0 radical (unpaired) electrons. The van der Waals surface area contributed by atoms with Crippen LogP contribution in [0.4, 0.5) is 0 Å². The number of phenols is 1. The molecule has 0 spiro atoms. The number of benzene rings is 2. The Morgan fingerprint density at radius 1 is 0.881 bits per heavy atom. The van der Waals surface area contributed by atoms with E-state index in [1.54, 1.807) is 24.3 Å². The first-order valence-corrected chi connectivity index (χ1v) is 13.4. The smallest absolute Gasteiger partial charge is 0.229 e. The van der Waals surface area contributed by atoms with Crippen molar-refractivity contribution >= 4 is 5.78 Å². The summed E-state index contributed by atoms with van der Waals surface area (Å²) in [6.45, 7) is 0.733. The highest BCUT2D eigenvalue weighted by Gasteiger charge is 2.51. The minimum Gasteiger partial charge on any atom is -0.507 e. The number of hydrogen-bond acceptors (Lipinski definition) is 14. The molecule has 11 atom stereocenters. The zero-order chi connectivity index (χ0) is 30.3. The topological polar surface area (TPSA) is 214 Å². The lowest BCUT2D eigenvalue weighted by molar-refractivity contribution is -0.354. The molecule has 7 N–H and O–H groups in total. The number of carbonyl (C=O) groups is 1. The summed E-state index contributed by atoms with van der Waals surface area (Å²) in [7, 11) is 1.53. The van der Waals surface area contributed by atoms with E-state index in [2.05, 4.69) is 0 Å². The van der Waals surface area contributed by atoms with Crippen LogP contribution in [0.15, 0.2) is 36.4 Å². The lowest BCUT2D eigenvalue weighted by atomic mass is 9.95. The third-order valence-corrected chi connectivity index (χ3v) is 7.64. The first-order chi connectivity index (χ1) is 20.0. The Kier molecular flexibility index (Phi) is 8.89. The van der Waals surface area contributed by atoms with Crippen LogP contribution < -0.4 is 14.2 Å². The van der Waals surface area contributed by atoms with E-state index >= 15 is 0 Å². The van der Waals surface area contributed by atoms with Crippen molar-refractivity contribution in [2.24, 2.45) is 0 Å². The molecule has 5 rings (SSSR count). The van der Waals surface area contributed by atoms with Gasteiger partial charge in [0.25, 0.3) is 0 Å². The quantitative estimate of drug-likeness (QED) is 0.208. The summed E-state index contributed by atoms with van der Waals surface area (Å²) in [5.74, 6) is -0.244. The van der Waals surface area contributed by atoms with Crippen LogP contribution in [0.1, 0.15) is 35.4 Å². The normalized spacial score (nSPS) is 36.6. The van der Waals surface area contributed by atoms with Crippen LogP contribution in [-0.4, -0.2) is 117 Å². The van der Waals surface area contributed by atoms with Gasteiger partial charge in [-0.15, -0.1) is 0 Å². The van der Waals surface area contributed by atoms with Gasteiger partial charge in [-0.05, 0) is 24.6 Å². The van der Waals surface area contributed by atoms with Crippen LogP contribution >= 0.6 is 0 Å². The molecule has 0 aliphatic carbocycles. The van der Waals surface area contributed by atoms with Gasteiger partial charge in [0, 0.05) is 12.1 Å². The van der Waals surface area contributed by atoms with Gasteiger partial charge in [0.15, 0.2) is 18.2 Å². The van der Waals surface area contributed by atoms with Crippen molar-refractivity contribution in [2.45, 2.75) is 80.9 Å². The summed E-state index contributed by atoms with van der Waals surface area (Å²) in [6.07, 6.45) is -15.8. The fourth-order valence-corrected chi connectivity index (χ4v) is 5.20. The highest BCUT2D eigenvalue weighted by molar-refractivity contribution is 6.02. The average molecular weight is 595 g/mol. The largest absolute Gasteiger partial charge is 0.507 e. The number of rotatable bonds is 7. The maximum absolute atomic E-state index is 12.9. The predicted octanol–water partition coefficient (Wildman–Crippen LogP) is -0.862. The second-order valence-corrected chi connectivity index (χ2v) is 10.4. The van der Waals surface area contributed by atoms with E-state index in [0.29, 0.717) is 11.3 Å². The molecule has 0 saturated carbocycles. The van der Waals surface area contributed by atoms with E-state index in [1.807, 2.05) is 0 Å². The standard InChI is InChI=1S/C28H34O14/c1-11-21(32)23(34)25(36)27(38-11)42-26-24(35)22(33)19(10-29)41-28(26)39-14-7-15(30)20-16(31)9-17(40-18(20)8-14)12-3-5-13(37-2)6-4-12/h3-8,11,17,19,21-30,32-36H,9-10H2,1-2H3/t11?,17?,19?,21-,22+,23-,24-,25?,26?,27-,28+/m0/s1. The lowest BCUT2D eigenvalue weighted by Crippen LogP contribution is -2.64. The van der Waals surface area contributed by atoms with Crippen LogP contribution in [-0.2, 0) is 14.2 Å². The lowest BCUT2D eigenvalue weighted by Gasteiger charge is -2.45. The first kappa shape index (κ1) is 30.4. The molecule has 2 aromatic rings. The zero-order valence-electron chi connectivity index (χ0n) is 22.7. The summed E-state index contributed by atoms with van der Waals surface area (Å²) < 4.78 is 33.9. The Morgan fingerprint density at radius 3 is 2.26 bits per heavy atom. The SMILES string of the molecule is COc1ccc(C2CC(=O)c3c(O)cc(O[C@@H]4OC(CO)[C@@H](O)[C@H](O)C4O[C@@H]4OC(C)[C@H](O)[C@H](O)C4O)cc3O2)cc1. The minimum atomic E-state index is -1.74. The molecule has 0 amide bonds. The van der Waals surface area contributed by atoms with Gasteiger partial charge in [-0.1, -0.05) is 12.1 Å². The molecule has 3 heterocycles. The van der Waals surface area contributed by atoms with E-state index in [4.69, 9.17) is 28.4 Å². The van der Waals surface area contributed by atoms with Gasteiger partial charge in [0.05, 0.1) is 26.2 Å². The predicted molar refractivity (Wildman–Crippen MR) is 139 cm³/mol. The van der Waals surface area contributed by atoms with Crippen molar-refractivity contribution in [2.75, 3.05) is 13.7 Å². The molecule has 0 bridgehead atoms. The van der Waals surface area contributed by atoms with E-state index in [9.17, 15) is 40.5 Å². The number of hydrogen-bond donors (Lipinski definition) is 7. The van der Waals surface area contributed by atoms with Crippen LogP contribution in [0.5, 0.6) is 23.0 Å². The van der Waals surface area contributed by atoms with Gasteiger partial charge >= 0.3 is 0 Å². The second kappa shape index (κ2) is 12.3. The van der Waals surface area contributed by atoms with Crippen LogP contribution in [0.2, 0.25) is 0 Å². The Balaban J connectivity index is 1.40. The third-order valence-electron chi connectivity index (χ3n) is 7.64. The second-order valence-electron chi connectivity index (χ2n) is 10.4. The first-order valence-electron chi connectivity index (χ1n) is 13.4. The van der Waals surface area contributed by atoms with E-state index < -0.39 is 79.9 Å². The van der Waals surface area contributed by atoms with Crippen molar-refractivity contribution in [1.82, 2.24) is 0 Å². The molecule has 14 nitrogen and oxygen atoms in total. The molecule has 2 aromatic carbocycles. The van der Waals surface area contributed by atoms with E-state index in [1.165, 1.54) is 20.1 Å². The number of phenolic OH excluding ortho intramolecular Hbond substituents is 1. The zero-order valence-corrected chi connectivity index (χ0v) is 22.7. The number of ether oxygens (including phenoxy) is 6. The van der Waals surface area contributed by atoms with Gasteiger partial charge < -0.3 is 64.2 Å². The Bertz CT molecular complexity index is 1250. The Labute approximate surface area is 240 Å². The van der Waals surface area contributed by atoms with Crippen molar-refractivity contribution in [3.63, 3.8) is 0 Å². The number of Topliss-reactive ketones (excluding diaryl/α,β-unsaturated/α-hetero) is 1. The summed E-state index contributed by atoms with van der Waals surface area (Å²) in [4.78, 5) is 12.9. The number of carbonyl (C=O) groups excluding carboxylic acids is 1. The number of ketones is 1. The number of aliphatic hydroxyl groups excluding tert-OH is 6. The third kappa shape index (κ3) is 5.77. The molecule has 14 heteroatoms. The van der Waals surface area contributed by atoms with Gasteiger partial charge in [0.1, 0.15) is 71.3 Å². The summed E-state index contributed by atoms with van der Waals surface area (Å²) in [6, 6.07) is 9.42. The van der Waals surface area contributed by atoms with Crippen molar-refractivity contribution in [3.8, 4) is 23.0 Å². The highest BCUT2D eigenvalue weighted by Crippen LogP contribution is 2.43. The van der Waals surface area contributed by atoms with Gasteiger partial charge in [-0.25, -0.2) is 0 Å². The van der Waals surface area contributed by atoms with Crippen molar-refractivity contribution < 1.29 is 69.0 Å². The Morgan fingerprint density at radius 2 is 1.60 bits per heavy atom. The van der Waals surface area contributed by atoms with Gasteiger partial charge in [0.2, 0.25) is 6.29 Å². The van der Waals surface area contributed by atoms with Crippen LogP contribution in [0.25, 0.3) is 0 Å². The highest BCUT2D eigenvalue weighted by atomic mass is 16.8.